The molecule has 0 saturated carbocycles. The summed E-state index contributed by atoms with van der Waals surface area (Å²) >= 11 is 0. The van der Waals surface area contributed by atoms with Crippen molar-refractivity contribution in [1.82, 2.24) is 9.80 Å². The second-order valence-corrected chi connectivity index (χ2v) is 4.72. The Labute approximate surface area is 111 Å². The number of hydrogen-bond donors (Lipinski definition) is 0. The van der Waals surface area contributed by atoms with Crippen molar-refractivity contribution in [3.8, 4) is 0 Å². The summed E-state index contributed by atoms with van der Waals surface area (Å²) < 4.78 is 0. The van der Waals surface area contributed by atoms with Gasteiger partial charge in [0, 0.05) is 19.6 Å². The lowest BCUT2D eigenvalue weighted by Crippen LogP contribution is -2.33. The minimum absolute atomic E-state index is 0.171. The van der Waals surface area contributed by atoms with Crippen molar-refractivity contribution in [2.45, 2.75) is 6.42 Å². The second kappa shape index (κ2) is 4.84. The maximum Gasteiger partial charge on any atom is 0.261 e. The zero-order valence-electron chi connectivity index (χ0n) is 10.6. The summed E-state index contributed by atoms with van der Waals surface area (Å²) in [5.74, 6) is -0.341. The van der Waals surface area contributed by atoms with Gasteiger partial charge in [0.25, 0.3) is 11.8 Å². The minimum Gasteiger partial charge on any atom is -0.361 e. The minimum atomic E-state index is -0.171. The summed E-state index contributed by atoms with van der Waals surface area (Å²) in [6, 6.07) is 6.99. The molecule has 5 nitrogen and oxygen atoms in total. The fourth-order valence-corrected chi connectivity index (χ4v) is 2.46. The Morgan fingerprint density at radius 2 is 1.74 bits per heavy atom. The quantitative estimate of drug-likeness (QED) is 0.757. The molecule has 0 bridgehead atoms. The third kappa shape index (κ3) is 2.12. The van der Waals surface area contributed by atoms with Crippen LogP contribution in [0.15, 0.2) is 29.3 Å². The first kappa shape index (κ1) is 11.9. The molecule has 19 heavy (non-hydrogen) atoms. The highest BCUT2D eigenvalue weighted by molar-refractivity contribution is 6.21. The largest absolute Gasteiger partial charge is 0.361 e. The van der Waals surface area contributed by atoms with Crippen LogP contribution >= 0.6 is 0 Å². The van der Waals surface area contributed by atoms with Crippen LogP contribution in [0.4, 0.5) is 0 Å². The first-order valence-electron chi connectivity index (χ1n) is 6.46. The van der Waals surface area contributed by atoms with Gasteiger partial charge in [0.2, 0.25) is 0 Å². The van der Waals surface area contributed by atoms with Crippen LogP contribution in [0.3, 0.4) is 0 Å². The van der Waals surface area contributed by atoms with E-state index in [1.807, 2.05) is 6.34 Å². The van der Waals surface area contributed by atoms with Crippen LogP contribution < -0.4 is 0 Å². The molecule has 1 aromatic rings. The standard InChI is InChI=1S/C14H15N3O2/c18-13-11-4-1-2-5-12(11)14(19)17(13)8-3-7-16-9-6-15-10-16/h1-2,4-5,10H,3,6-9H2. The molecule has 98 valence electrons. The van der Waals surface area contributed by atoms with Gasteiger partial charge in [-0.25, -0.2) is 0 Å². The number of fused-ring (bicyclic) bond motifs is 1. The number of nitrogens with zero attached hydrogens (tertiary/aromatic N) is 3. The molecule has 2 heterocycles. The molecule has 0 saturated heterocycles. The van der Waals surface area contributed by atoms with E-state index in [0.29, 0.717) is 17.7 Å². The van der Waals surface area contributed by atoms with Crippen LogP contribution in [0.5, 0.6) is 0 Å². The molecule has 3 rings (SSSR count). The van der Waals surface area contributed by atoms with Crippen LogP contribution in [0, 0.1) is 0 Å². The van der Waals surface area contributed by atoms with Crippen LogP contribution in [0.25, 0.3) is 0 Å². The Hall–Kier alpha value is -2.17. The van der Waals surface area contributed by atoms with Crippen LogP contribution in [0.1, 0.15) is 27.1 Å². The lowest BCUT2D eigenvalue weighted by Gasteiger charge is -2.17. The third-order valence-electron chi connectivity index (χ3n) is 3.47. The lowest BCUT2D eigenvalue weighted by molar-refractivity contribution is 0.0650. The monoisotopic (exact) mass is 257 g/mol. The number of carbonyl (C=O) groups excluding carboxylic acids is 2. The van der Waals surface area contributed by atoms with Gasteiger partial charge in [-0.15, -0.1) is 0 Å². The molecule has 0 N–H and O–H groups in total. The fraction of sp³-hybridized carbons (Fsp3) is 0.357. The predicted molar refractivity (Wildman–Crippen MR) is 71.4 cm³/mol. The highest BCUT2D eigenvalue weighted by Crippen LogP contribution is 2.22. The third-order valence-corrected chi connectivity index (χ3v) is 3.47. The zero-order valence-corrected chi connectivity index (χ0v) is 10.6. The maximum absolute atomic E-state index is 12.1. The molecule has 0 atom stereocenters. The number of benzene rings is 1. The molecule has 0 fully saturated rings. The molecule has 5 heteroatoms. The fourth-order valence-electron chi connectivity index (χ4n) is 2.46. The van der Waals surface area contributed by atoms with Crippen molar-refractivity contribution in [3.05, 3.63) is 35.4 Å². The normalized spacial score (nSPS) is 17.5. The first-order chi connectivity index (χ1) is 9.27. The molecule has 0 aromatic heterocycles. The summed E-state index contributed by atoms with van der Waals surface area (Å²) in [6.45, 7) is 3.07. The van der Waals surface area contributed by atoms with E-state index in [4.69, 9.17) is 0 Å². The second-order valence-electron chi connectivity index (χ2n) is 4.72. The summed E-state index contributed by atoms with van der Waals surface area (Å²) in [5.41, 5.74) is 1.05. The molecule has 0 spiro atoms. The van der Waals surface area contributed by atoms with Crippen molar-refractivity contribution in [3.63, 3.8) is 0 Å². The Morgan fingerprint density at radius 1 is 1.05 bits per heavy atom. The van der Waals surface area contributed by atoms with E-state index in [9.17, 15) is 9.59 Å². The number of aliphatic imine (C=N–C) groups is 1. The van der Waals surface area contributed by atoms with Crippen molar-refractivity contribution in [2.75, 3.05) is 26.2 Å². The van der Waals surface area contributed by atoms with E-state index in [2.05, 4.69) is 9.89 Å². The highest BCUT2D eigenvalue weighted by Gasteiger charge is 2.34. The van der Waals surface area contributed by atoms with Gasteiger partial charge in [-0.3, -0.25) is 19.5 Å². The van der Waals surface area contributed by atoms with Crippen molar-refractivity contribution in [1.29, 1.82) is 0 Å². The molecular formula is C14H15N3O2. The van der Waals surface area contributed by atoms with Gasteiger partial charge in [0.1, 0.15) is 0 Å². The average molecular weight is 257 g/mol. The Balaban J connectivity index is 1.62. The van der Waals surface area contributed by atoms with E-state index < -0.39 is 0 Å². The van der Waals surface area contributed by atoms with Crippen LogP contribution in [0.2, 0.25) is 0 Å². The van der Waals surface area contributed by atoms with E-state index >= 15 is 0 Å². The smallest absolute Gasteiger partial charge is 0.261 e. The Bertz CT molecular complexity index is 518. The molecule has 2 aliphatic rings. The SMILES string of the molecule is O=C1c2ccccc2C(=O)N1CCCN1C=NCC1. The van der Waals surface area contributed by atoms with Gasteiger partial charge >= 0.3 is 0 Å². The van der Waals surface area contributed by atoms with Crippen molar-refractivity contribution in [2.24, 2.45) is 4.99 Å². The Kier molecular flexibility index (Phi) is 3.03. The van der Waals surface area contributed by atoms with Gasteiger partial charge in [-0.2, -0.15) is 0 Å². The van der Waals surface area contributed by atoms with Crippen LogP contribution in [-0.2, 0) is 0 Å². The molecule has 2 aliphatic heterocycles. The van der Waals surface area contributed by atoms with Gasteiger partial charge in [-0.05, 0) is 18.6 Å². The predicted octanol–water partition coefficient (Wildman–Crippen LogP) is 1.02. The first-order valence-corrected chi connectivity index (χ1v) is 6.46. The van der Waals surface area contributed by atoms with Gasteiger partial charge in [-0.1, -0.05) is 12.1 Å². The van der Waals surface area contributed by atoms with Gasteiger partial charge in [0.15, 0.2) is 0 Å². The number of hydrogen-bond acceptors (Lipinski definition) is 4. The highest BCUT2D eigenvalue weighted by atomic mass is 16.2. The topological polar surface area (TPSA) is 53.0 Å². The molecule has 0 unspecified atom stereocenters. The number of rotatable bonds is 4. The summed E-state index contributed by atoms with van der Waals surface area (Å²) in [6.07, 6.45) is 2.61. The Morgan fingerprint density at radius 3 is 2.32 bits per heavy atom. The molecular weight excluding hydrogens is 242 g/mol. The van der Waals surface area contributed by atoms with Crippen LogP contribution in [-0.4, -0.2) is 54.1 Å². The summed E-state index contributed by atoms with van der Waals surface area (Å²) in [5, 5.41) is 0. The maximum atomic E-state index is 12.1. The van der Waals surface area contributed by atoms with Crippen molar-refractivity contribution < 1.29 is 9.59 Å². The van der Waals surface area contributed by atoms with Crippen molar-refractivity contribution >= 4 is 18.2 Å². The lowest BCUT2D eigenvalue weighted by atomic mass is 10.1. The number of carbonyl (C=O) groups is 2. The average Bonchev–Trinajstić information content (AvgIpc) is 3.02. The van der Waals surface area contributed by atoms with E-state index in [1.165, 1.54) is 4.90 Å². The molecule has 2 amide bonds. The van der Waals surface area contributed by atoms with E-state index in [-0.39, 0.29) is 11.8 Å². The van der Waals surface area contributed by atoms with E-state index in [1.54, 1.807) is 24.3 Å². The van der Waals surface area contributed by atoms with E-state index in [0.717, 1.165) is 26.1 Å². The summed E-state index contributed by atoms with van der Waals surface area (Å²) in [4.78, 5) is 31.8. The number of amides is 2. The van der Waals surface area contributed by atoms with Gasteiger partial charge < -0.3 is 4.90 Å². The molecule has 0 radical (unpaired) electrons. The zero-order chi connectivity index (χ0) is 13.2. The molecule has 0 aliphatic carbocycles. The molecule has 1 aromatic carbocycles. The van der Waals surface area contributed by atoms with Gasteiger partial charge in [0.05, 0.1) is 24.0 Å². The number of imide groups is 1. The summed E-state index contributed by atoms with van der Waals surface area (Å²) in [7, 11) is 0.